The highest BCUT2D eigenvalue weighted by atomic mass is 32.1. The van der Waals surface area contributed by atoms with Crippen molar-refractivity contribution >= 4 is 11.3 Å². The van der Waals surface area contributed by atoms with Gasteiger partial charge in [-0.05, 0) is 39.3 Å². The summed E-state index contributed by atoms with van der Waals surface area (Å²) in [5.41, 5.74) is 2.80. The van der Waals surface area contributed by atoms with Crippen molar-refractivity contribution in [1.82, 2.24) is 25.0 Å². The monoisotopic (exact) mass is 341 g/mol. The van der Waals surface area contributed by atoms with E-state index >= 15 is 0 Å². The normalized spacial score (nSPS) is 18.3. The molecule has 1 aliphatic rings. The zero-order valence-corrected chi connectivity index (χ0v) is 14.6. The molecule has 1 fully saturated rings. The summed E-state index contributed by atoms with van der Waals surface area (Å²) in [4.78, 5) is 16.1. The van der Waals surface area contributed by atoms with Gasteiger partial charge in [0.2, 0.25) is 0 Å². The standard InChI is InChI=1S/C17H19N5OS/c1-11-16(12(2)23-21-11)17-19-6-5-13(20-17)14-4-3-8-22(14)10-15-18-7-9-24-15/h5-7,9,14H,3-4,8,10H2,1-2H3. The Labute approximate surface area is 144 Å². The summed E-state index contributed by atoms with van der Waals surface area (Å²) in [5.74, 6) is 1.46. The van der Waals surface area contributed by atoms with Gasteiger partial charge in [0.25, 0.3) is 0 Å². The molecule has 0 aliphatic carbocycles. The first-order valence-corrected chi connectivity index (χ1v) is 8.99. The molecule has 0 amide bonds. The molecular weight excluding hydrogens is 322 g/mol. The van der Waals surface area contributed by atoms with Crippen LogP contribution in [-0.4, -0.2) is 31.6 Å². The van der Waals surface area contributed by atoms with Crippen molar-refractivity contribution in [3.8, 4) is 11.4 Å². The van der Waals surface area contributed by atoms with E-state index in [9.17, 15) is 0 Å². The maximum Gasteiger partial charge on any atom is 0.164 e. The lowest BCUT2D eigenvalue weighted by Gasteiger charge is -2.23. The molecule has 4 rings (SSSR count). The van der Waals surface area contributed by atoms with Gasteiger partial charge >= 0.3 is 0 Å². The molecule has 1 aliphatic heterocycles. The Morgan fingerprint density at radius 2 is 2.21 bits per heavy atom. The summed E-state index contributed by atoms with van der Waals surface area (Å²) in [5, 5.41) is 7.20. The molecule has 3 aromatic rings. The second-order valence-corrected chi connectivity index (χ2v) is 7.04. The topological polar surface area (TPSA) is 67.9 Å². The van der Waals surface area contributed by atoms with E-state index in [0.717, 1.165) is 47.2 Å². The van der Waals surface area contributed by atoms with Crippen LogP contribution in [0.4, 0.5) is 0 Å². The number of aryl methyl sites for hydroxylation is 2. The molecule has 0 spiro atoms. The van der Waals surface area contributed by atoms with Crippen LogP contribution in [-0.2, 0) is 6.54 Å². The van der Waals surface area contributed by atoms with Crippen LogP contribution in [0.3, 0.4) is 0 Å². The van der Waals surface area contributed by atoms with Crippen molar-refractivity contribution in [1.29, 1.82) is 0 Å². The molecule has 0 bridgehead atoms. The maximum atomic E-state index is 5.26. The molecule has 1 saturated heterocycles. The van der Waals surface area contributed by atoms with Gasteiger partial charge in [0, 0.05) is 17.8 Å². The molecule has 7 heteroatoms. The predicted octanol–water partition coefficient (Wildman–Crippen LogP) is 3.54. The maximum absolute atomic E-state index is 5.26. The van der Waals surface area contributed by atoms with Gasteiger partial charge in [0.05, 0.1) is 29.5 Å². The lowest BCUT2D eigenvalue weighted by molar-refractivity contribution is 0.244. The van der Waals surface area contributed by atoms with E-state index in [1.165, 1.54) is 6.42 Å². The summed E-state index contributed by atoms with van der Waals surface area (Å²) >= 11 is 1.71. The third-order valence-electron chi connectivity index (χ3n) is 4.46. The third-order valence-corrected chi connectivity index (χ3v) is 5.23. The average Bonchev–Trinajstić information content (AvgIpc) is 3.31. The minimum Gasteiger partial charge on any atom is -0.361 e. The number of rotatable bonds is 4. The van der Waals surface area contributed by atoms with E-state index in [0.29, 0.717) is 11.9 Å². The first kappa shape index (κ1) is 15.4. The minimum atomic E-state index is 0.316. The number of nitrogens with zero attached hydrogens (tertiary/aromatic N) is 5. The second kappa shape index (κ2) is 6.41. The first-order valence-electron chi connectivity index (χ1n) is 8.11. The largest absolute Gasteiger partial charge is 0.361 e. The highest BCUT2D eigenvalue weighted by Gasteiger charge is 2.28. The molecule has 0 N–H and O–H groups in total. The highest BCUT2D eigenvalue weighted by molar-refractivity contribution is 7.09. The first-order chi connectivity index (χ1) is 11.7. The molecule has 0 saturated carbocycles. The smallest absolute Gasteiger partial charge is 0.164 e. The summed E-state index contributed by atoms with van der Waals surface area (Å²) < 4.78 is 5.26. The van der Waals surface area contributed by atoms with E-state index in [4.69, 9.17) is 9.51 Å². The van der Waals surface area contributed by atoms with Gasteiger partial charge in [-0.25, -0.2) is 15.0 Å². The van der Waals surface area contributed by atoms with Crippen LogP contribution >= 0.6 is 11.3 Å². The van der Waals surface area contributed by atoms with Crippen molar-refractivity contribution in [2.45, 2.75) is 39.3 Å². The Hall–Kier alpha value is -2.12. The molecule has 1 unspecified atom stereocenters. The predicted molar refractivity (Wildman–Crippen MR) is 91.5 cm³/mol. The van der Waals surface area contributed by atoms with Gasteiger partial charge in [-0.2, -0.15) is 0 Å². The Morgan fingerprint density at radius 1 is 1.29 bits per heavy atom. The van der Waals surface area contributed by atoms with Crippen molar-refractivity contribution in [3.63, 3.8) is 0 Å². The van der Waals surface area contributed by atoms with Gasteiger partial charge in [-0.15, -0.1) is 11.3 Å². The summed E-state index contributed by atoms with van der Waals surface area (Å²) in [6.45, 7) is 5.78. The van der Waals surface area contributed by atoms with E-state index in [2.05, 4.69) is 20.0 Å². The van der Waals surface area contributed by atoms with Crippen LogP contribution < -0.4 is 0 Å². The third kappa shape index (κ3) is 2.85. The van der Waals surface area contributed by atoms with Gasteiger partial charge in [0.15, 0.2) is 5.82 Å². The Morgan fingerprint density at radius 3 is 2.96 bits per heavy atom. The second-order valence-electron chi connectivity index (χ2n) is 6.06. The lowest BCUT2D eigenvalue weighted by atomic mass is 10.1. The zero-order chi connectivity index (χ0) is 16.5. The summed E-state index contributed by atoms with van der Waals surface area (Å²) in [7, 11) is 0. The molecule has 1 atom stereocenters. The molecule has 0 aromatic carbocycles. The lowest BCUT2D eigenvalue weighted by Crippen LogP contribution is -2.23. The highest BCUT2D eigenvalue weighted by Crippen LogP contribution is 2.33. The van der Waals surface area contributed by atoms with Crippen LogP contribution in [0.25, 0.3) is 11.4 Å². The van der Waals surface area contributed by atoms with Crippen LogP contribution in [0.2, 0.25) is 0 Å². The average molecular weight is 341 g/mol. The molecule has 4 heterocycles. The van der Waals surface area contributed by atoms with E-state index < -0.39 is 0 Å². The van der Waals surface area contributed by atoms with Crippen molar-refractivity contribution in [2.24, 2.45) is 0 Å². The molecule has 0 radical (unpaired) electrons. The Balaban J connectivity index is 1.63. The molecule has 6 nitrogen and oxygen atoms in total. The molecule has 3 aromatic heterocycles. The number of hydrogen-bond donors (Lipinski definition) is 0. The van der Waals surface area contributed by atoms with E-state index in [1.807, 2.05) is 37.7 Å². The van der Waals surface area contributed by atoms with Crippen molar-refractivity contribution in [2.75, 3.05) is 6.54 Å². The number of thiazole rings is 1. The number of hydrogen-bond acceptors (Lipinski definition) is 7. The Bertz CT molecular complexity index is 810. The van der Waals surface area contributed by atoms with Gasteiger partial charge in [-0.3, -0.25) is 4.90 Å². The fourth-order valence-corrected chi connectivity index (χ4v) is 3.98. The Kier molecular flexibility index (Phi) is 4.12. The van der Waals surface area contributed by atoms with Crippen LogP contribution in [0.15, 0.2) is 28.4 Å². The van der Waals surface area contributed by atoms with Crippen LogP contribution in [0.5, 0.6) is 0 Å². The quantitative estimate of drug-likeness (QED) is 0.723. The molecule has 24 heavy (non-hydrogen) atoms. The molecule has 124 valence electrons. The van der Waals surface area contributed by atoms with Gasteiger partial charge in [0.1, 0.15) is 10.8 Å². The van der Waals surface area contributed by atoms with E-state index in [1.54, 1.807) is 11.3 Å². The van der Waals surface area contributed by atoms with Gasteiger partial charge in [-0.1, -0.05) is 5.16 Å². The van der Waals surface area contributed by atoms with Crippen molar-refractivity contribution in [3.05, 3.63) is 46.0 Å². The fourth-order valence-electron chi connectivity index (χ4n) is 3.34. The number of aromatic nitrogens is 4. The SMILES string of the molecule is Cc1noc(C)c1-c1nccc(C2CCCN2Cc2nccs2)n1. The van der Waals surface area contributed by atoms with E-state index in [-0.39, 0.29) is 0 Å². The summed E-state index contributed by atoms with van der Waals surface area (Å²) in [6.07, 6.45) is 6.00. The fraction of sp³-hybridized carbons (Fsp3) is 0.412. The molecular formula is C17H19N5OS. The van der Waals surface area contributed by atoms with Crippen LogP contribution in [0.1, 0.15) is 41.0 Å². The van der Waals surface area contributed by atoms with Gasteiger partial charge < -0.3 is 4.52 Å². The number of likely N-dealkylation sites (tertiary alicyclic amines) is 1. The minimum absolute atomic E-state index is 0.316. The zero-order valence-electron chi connectivity index (χ0n) is 13.8. The summed E-state index contributed by atoms with van der Waals surface area (Å²) in [6, 6.07) is 2.34. The van der Waals surface area contributed by atoms with Crippen LogP contribution in [0, 0.1) is 13.8 Å². The van der Waals surface area contributed by atoms with Crippen molar-refractivity contribution < 1.29 is 4.52 Å².